The van der Waals surface area contributed by atoms with E-state index in [1.165, 1.54) is 0 Å². The van der Waals surface area contributed by atoms with Crippen molar-refractivity contribution in [2.75, 3.05) is 24.7 Å². The van der Waals surface area contributed by atoms with E-state index < -0.39 is 9.84 Å². The first-order chi connectivity index (χ1) is 10.5. The Balaban J connectivity index is 1.80. The molecule has 2 saturated heterocycles. The van der Waals surface area contributed by atoms with Gasteiger partial charge in [0, 0.05) is 12.6 Å². The standard InChI is InChI=1S/C16H19NO4S/c1-12(13-5-3-2-4-6-13)9-16(18)17-7-8-21-15-11-22(19,20)10-14(15)17/h2-6,9,14-15H,7-8,10-11H2,1H3/b12-9+. The fourth-order valence-corrected chi connectivity index (χ4v) is 4.91. The summed E-state index contributed by atoms with van der Waals surface area (Å²) in [5, 5.41) is 0. The van der Waals surface area contributed by atoms with Crippen molar-refractivity contribution in [1.82, 2.24) is 4.90 Å². The van der Waals surface area contributed by atoms with Gasteiger partial charge >= 0.3 is 0 Å². The molecule has 3 rings (SSSR count). The van der Waals surface area contributed by atoms with Crippen LogP contribution in [-0.2, 0) is 19.4 Å². The van der Waals surface area contributed by atoms with Gasteiger partial charge in [-0.05, 0) is 18.1 Å². The van der Waals surface area contributed by atoms with Crippen LogP contribution in [-0.4, -0.2) is 56.0 Å². The lowest BCUT2D eigenvalue weighted by Crippen LogP contribution is -2.52. The normalized spacial score (nSPS) is 27.5. The summed E-state index contributed by atoms with van der Waals surface area (Å²) in [4.78, 5) is 14.2. The van der Waals surface area contributed by atoms with Crippen LogP contribution in [0.5, 0.6) is 0 Å². The molecule has 2 fully saturated rings. The van der Waals surface area contributed by atoms with E-state index in [0.29, 0.717) is 13.2 Å². The fourth-order valence-electron chi connectivity index (χ4n) is 3.04. The monoisotopic (exact) mass is 321 g/mol. The Bertz CT molecular complexity index is 696. The van der Waals surface area contributed by atoms with E-state index in [2.05, 4.69) is 0 Å². The van der Waals surface area contributed by atoms with Gasteiger partial charge in [-0.25, -0.2) is 8.42 Å². The van der Waals surface area contributed by atoms with Crippen LogP contribution in [0.3, 0.4) is 0 Å². The van der Waals surface area contributed by atoms with Crippen molar-refractivity contribution < 1.29 is 17.9 Å². The number of carbonyl (C=O) groups excluding carboxylic acids is 1. The summed E-state index contributed by atoms with van der Waals surface area (Å²) in [7, 11) is -3.12. The van der Waals surface area contributed by atoms with Gasteiger partial charge < -0.3 is 9.64 Å². The van der Waals surface area contributed by atoms with Gasteiger partial charge in [0.1, 0.15) is 0 Å². The van der Waals surface area contributed by atoms with E-state index in [9.17, 15) is 13.2 Å². The number of amides is 1. The summed E-state index contributed by atoms with van der Waals surface area (Å²) >= 11 is 0. The molecule has 1 amide bonds. The predicted molar refractivity (Wildman–Crippen MR) is 84.0 cm³/mol. The molecular weight excluding hydrogens is 302 g/mol. The van der Waals surface area contributed by atoms with Crippen molar-refractivity contribution >= 4 is 21.3 Å². The zero-order chi connectivity index (χ0) is 15.7. The smallest absolute Gasteiger partial charge is 0.247 e. The number of hydrogen-bond acceptors (Lipinski definition) is 4. The Kier molecular flexibility index (Phi) is 4.06. The summed E-state index contributed by atoms with van der Waals surface area (Å²) in [6.07, 6.45) is 1.20. The van der Waals surface area contributed by atoms with Crippen LogP contribution < -0.4 is 0 Å². The molecule has 0 spiro atoms. The number of rotatable bonds is 2. The Morgan fingerprint density at radius 2 is 2.00 bits per heavy atom. The van der Waals surface area contributed by atoms with E-state index in [4.69, 9.17) is 4.74 Å². The number of morpholine rings is 1. The zero-order valence-corrected chi connectivity index (χ0v) is 13.3. The van der Waals surface area contributed by atoms with Gasteiger partial charge in [-0.15, -0.1) is 0 Å². The molecule has 2 aliphatic rings. The number of sulfone groups is 1. The van der Waals surface area contributed by atoms with Crippen molar-refractivity contribution in [2.45, 2.75) is 19.1 Å². The molecule has 1 aromatic rings. The zero-order valence-electron chi connectivity index (χ0n) is 12.4. The van der Waals surface area contributed by atoms with Gasteiger partial charge in [0.15, 0.2) is 9.84 Å². The van der Waals surface area contributed by atoms with Gasteiger partial charge in [-0.2, -0.15) is 0 Å². The fraction of sp³-hybridized carbons (Fsp3) is 0.438. The Labute approximate surface area is 130 Å². The summed E-state index contributed by atoms with van der Waals surface area (Å²) in [5.74, 6) is -0.124. The average molecular weight is 321 g/mol. The topological polar surface area (TPSA) is 63.7 Å². The Morgan fingerprint density at radius 1 is 1.27 bits per heavy atom. The second kappa shape index (κ2) is 5.85. The molecule has 2 aliphatic heterocycles. The van der Waals surface area contributed by atoms with Crippen LogP contribution in [0.4, 0.5) is 0 Å². The number of ether oxygens (including phenoxy) is 1. The van der Waals surface area contributed by atoms with Crippen LogP contribution in [0, 0.1) is 0 Å². The van der Waals surface area contributed by atoms with Crippen LogP contribution in [0.15, 0.2) is 36.4 Å². The third-order valence-electron chi connectivity index (χ3n) is 4.19. The van der Waals surface area contributed by atoms with Gasteiger partial charge in [0.2, 0.25) is 5.91 Å². The molecule has 2 heterocycles. The molecule has 1 aromatic carbocycles. The Morgan fingerprint density at radius 3 is 2.73 bits per heavy atom. The Hall–Kier alpha value is -1.66. The van der Waals surface area contributed by atoms with Crippen LogP contribution in [0.2, 0.25) is 0 Å². The minimum atomic E-state index is -3.12. The molecule has 0 radical (unpaired) electrons. The van der Waals surface area contributed by atoms with E-state index >= 15 is 0 Å². The predicted octanol–water partition coefficient (Wildman–Crippen LogP) is 1.11. The summed E-state index contributed by atoms with van der Waals surface area (Å²) < 4.78 is 29.1. The van der Waals surface area contributed by atoms with E-state index in [0.717, 1.165) is 11.1 Å². The molecule has 118 valence electrons. The third-order valence-corrected chi connectivity index (χ3v) is 5.87. The highest BCUT2D eigenvalue weighted by Crippen LogP contribution is 2.25. The van der Waals surface area contributed by atoms with Crippen LogP contribution in [0.1, 0.15) is 12.5 Å². The summed E-state index contributed by atoms with van der Waals surface area (Å²) in [6.45, 7) is 2.71. The lowest BCUT2D eigenvalue weighted by atomic mass is 10.1. The molecule has 2 atom stereocenters. The second-order valence-electron chi connectivity index (χ2n) is 5.78. The quantitative estimate of drug-likeness (QED) is 0.766. The molecule has 2 unspecified atom stereocenters. The lowest BCUT2D eigenvalue weighted by molar-refractivity contribution is -0.137. The first-order valence-electron chi connectivity index (χ1n) is 7.33. The molecule has 0 saturated carbocycles. The first-order valence-corrected chi connectivity index (χ1v) is 9.15. The van der Waals surface area contributed by atoms with Crippen molar-refractivity contribution in [3.8, 4) is 0 Å². The van der Waals surface area contributed by atoms with E-state index in [-0.39, 0.29) is 29.6 Å². The number of nitrogens with zero attached hydrogens (tertiary/aromatic N) is 1. The molecule has 22 heavy (non-hydrogen) atoms. The number of benzene rings is 1. The maximum absolute atomic E-state index is 12.5. The highest BCUT2D eigenvalue weighted by molar-refractivity contribution is 7.91. The molecule has 5 nitrogen and oxygen atoms in total. The SMILES string of the molecule is C/C(=C\C(=O)N1CCOC2CS(=O)(=O)CC21)c1ccccc1. The van der Waals surface area contributed by atoms with Crippen molar-refractivity contribution in [3.05, 3.63) is 42.0 Å². The molecule has 0 N–H and O–H groups in total. The number of carbonyl (C=O) groups is 1. The number of hydrogen-bond donors (Lipinski definition) is 0. The highest BCUT2D eigenvalue weighted by atomic mass is 32.2. The van der Waals surface area contributed by atoms with Gasteiger partial charge in [0.05, 0.1) is 30.3 Å². The van der Waals surface area contributed by atoms with Gasteiger partial charge in [-0.3, -0.25) is 4.79 Å². The van der Waals surface area contributed by atoms with Crippen LogP contribution >= 0.6 is 0 Å². The number of fused-ring (bicyclic) bond motifs is 1. The first kappa shape index (κ1) is 15.2. The molecular formula is C16H19NO4S. The third kappa shape index (κ3) is 3.08. The molecule has 0 aliphatic carbocycles. The molecule has 0 bridgehead atoms. The van der Waals surface area contributed by atoms with Gasteiger partial charge in [0.25, 0.3) is 0 Å². The summed E-state index contributed by atoms with van der Waals surface area (Å²) in [6, 6.07) is 9.31. The maximum atomic E-state index is 12.5. The van der Waals surface area contributed by atoms with Crippen LogP contribution in [0.25, 0.3) is 5.57 Å². The minimum Gasteiger partial charge on any atom is -0.373 e. The molecule has 6 heteroatoms. The second-order valence-corrected chi connectivity index (χ2v) is 7.93. The average Bonchev–Trinajstić information content (AvgIpc) is 2.81. The van der Waals surface area contributed by atoms with Crippen molar-refractivity contribution in [3.63, 3.8) is 0 Å². The van der Waals surface area contributed by atoms with Crippen molar-refractivity contribution in [2.24, 2.45) is 0 Å². The van der Waals surface area contributed by atoms with E-state index in [1.54, 1.807) is 11.0 Å². The maximum Gasteiger partial charge on any atom is 0.247 e. The van der Waals surface area contributed by atoms with Gasteiger partial charge in [-0.1, -0.05) is 30.3 Å². The molecule has 0 aromatic heterocycles. The number of allylic oxidation sites excluding steroid dienone is 1. The summed E-state index contributed by atoms with van der Waals surface area (Å²) in [5.41, 5.74) is 1.86. The minimum absolute atomic E-state index is 0.00162. The highest BCUT2D eigenvalue weighted by Gasteiger charge is 2.45. The van der Waals surface area contributed by atoms with Crippen molar-refractivity contribution in [1.29, 1.82) is 0 Å². The largest absolute Gasteiger partial charge is 0.373 e. The lowest BCUT2D eigenvalue weighted by Gasteiger charge is -2.36. The van der Waals surface area contributed by atoms with E-state index in [1.807, 2.05) is 37.3 Å².